The number of carbonyl (C=O) groups excluding carboxylic acids is 1. The first-order chi connectivity index (χ1) is 8.26. The van der Waals surface area contributed by atoms with Gasteiger partial charge in [-0.05, 0) is 30.7 Å². The van der Waals surface area contributed by atoms with Crippen LogP contribution in [0.5, 0.6) is 5.75 Å². The highest BCUT2D eigenvalue weighted by atomic mass is 16.5. The molecule has 1 rings (SSSR count). The lowest BCUT2D eigenvalue weighted by molar-refractivity contribution is -0.121. The number of aryl methyl sites for hydroxylation is 1. The largest absolute Gasteiger partial charge is 0.497 e. The molecule has 0 bridgehead atoms. The summed E-state index contributed by atoms with van der Waals surface area (Å²) in [7, 11) is 1.64. The Morgan fingerprint density at radius 2 is 2.00 bits per heavy atom. The van der Waals surface area contributed by atoms with E-state index in [2.05, 4.69) is 10.6 Å². The number of hydrogen-bond donors (Lipinski definition) is 2. The molecule has 17 heavy (non-hydrogen) atoms. The Bertz CT molecular complexity index is 336. The van der Waals surface area contributed by atoms with E-state index in [0.29, 0.717) is 13.1 Å². The van der Waals surface area contributed by atoms with E-state index < -0.39 is 0 Å². The van der Waals surface area contributed by atoms with Crippen LogP contribution in [0.25, 0.3) is 0 Å². The molecule has 0 aliphatic heterocycles. The van der Waals surface area contributed by atoms with Crippen molar-refractivity contribution in [1.29, 1.82) is 0 Å². The van der Waals surface area contributed by atoms with Crippen LogP contribution >= 0.6 is 0 Å². The van der Waals surface area contributed by atoms with Crippen LogP contribution in [0.4, 0.5) is 0 Å². The molecule has 0 aromatic heterocycles. The van der Waals surface area contributed by atoms with E-state index in [1.165, 1.54) is 0 Å². The lowest BCUT2D eigenvalue weighted by Crippen LogP contribution is -2.33. The van der Waals surface area contributed by atoms with Gasteiger partial charge in [-0.25, -0.2) is 0 Å². The van der Waals surface area contributed by atoms with Crippen molar-refractivity contribution < 1.29 is 9.53 Å². The summed E-state index contributed by atoms with van der Waals surface area (Å²) >= 11 is 0. The molecular weight excluding hydrogens is 216 g/mol. The van der Waals surface area contributed by atoms with Gasteiger partial charge in [-0.3, -0.25) is 4.79 Å². The summed E-state index contributed by atoms with van der Waals surface area (Å²) in [5.41, 5.74) is 1.14. The number of benzene rings is 1. The summed E-state index contributed by atoms with van der Waals surface area (Å²) in [5.74, 6) is 0.909. The number of nitrogens with one attached hydrogen (secondary N) is 2. The zero-order valence-electron chi connectivity index (χ0n) is 10.5. The Labute approximate surface area is 102 Å². The van der Waals surface area contributed by atoms with Crippen LogP contribution in [-0.4, -0.2) is 26.2 Å². The quantitative estimate of drug-likeness (QED) is 0.554. The monoisotopic (exact) mass is 236 g/mol. The van der Waals surface area contributed by atoms with Crippen molar-refractivity contribution >= 4 is 5.91 Å². The van der Waals surface area contributed by atoms with Gasteiger partial charge in [0.1, 0.15) is 5.75 Å². The van der Waals surface area contributed by atoms with Gasteiger partial charge in [-0.2, -0.15) is 0 Å². The molecule has 94 valence electrons. The van der Waals surface area contributed by atoms with E-state index in [1.54, 1.807) is 7.11 Å². The van der Waals surface area contributed by atoms with Gasteiger partial charge in [0.25, 0.3) is 0 Å². The molecule has 2 N–H and O–H groups in total. The smallest absolute Gasteiger partial charge is 0.221 e. The van der Waals surface area contributed by atoms with E-state index >= 15 is 0 Å². The summed E-state index contributed by atoms with van der Waals surface area (Å²) in [6.45, 7) is 3.40. The number of carbonyl (C=O) groups is 1. The van der Waals surface area contributed by atoms with Crippen LogP contribution in [0.2, 0.25) is 0 Å². The zero-order valence-corrected chi connectivity index (χ0v) is 10.5. The molecule has 0 fully saturated rings. The molecule has 0 saturated carbocycles. The highest BCUT2D eigenvalue weighted by Gasteiger charge is 2.01. The van der Waals surface area contributed by atoms with E-state index in [-0.39, 0.29) is 5.91 Å². The molecule has 0 radical (unpaired) electrons. The van der Waals surface area contributed by atoms with Gasteiger partial charge in [0.15, 0.2) is 0 Å². The average molecular weight is 236 g/mol. The van der Waals surface area contributed by atoms with Crippen LogP contribution in [0, 0.1) is 0 Å². The molecule has 0 atom stereocenters. The van der Waals surface area contributed by atoms with Crippen molar-refractivity contribution in [2.75, 3.05) is 20.3 Å². The molecule has 0 heterocycles. The second-order valence-electron chi connectivity index (χ2n) is 3.73. The number of rotatable bonds is 7. The van der Waals surface area contributed by atoms with Crippen molar-refractivity contribution in [1.82, 2.24) is 10.6 Å². The molecule has 0 unspecified atom stereocenters. The number of methoxy groups -OCH3 is 1. The molecular formula is C13H20N2O2. The number of hydrogen-bond acceptors (Lipinski definition) is 3. The third kappa shape index (κ3) is 5.36. The van der Waals surface area contributed by atoms with Crippen molar-refractivity contribution in [3.05, 3.63) is 29.8 Å². The maximum atomic E-state index is 11.4. The summed E-state index contributed by atoms with van der Waals surface area (Å²) in [5, 5.41) is 5.85. The second kappa shape index (κ2) is 7.68. The van der Waals surface area contributed by atoms with Crippen LogP contribution in [0.3, 0.4) is 0 Å². The van der Waals surface area contributed by atoms with Gasteiger partial charge in [0.2, 0.25) is 5.91 Å². The predicted octanol–water partition coefficient (Wildman–Crippen LogP) is 1.31. The second-order valence-corrected chi connectivity index (χ2v) is 3.73. The minimum absolute atomic E-state index is 0.0711. The lowest BCUT2D eigenvalue weighted by Gasteiger charge is -2.06. The summed E-state index contributed by atoms with van der Waals surface area (Å²) in [6.07, 6.45) is 1.26. The van der Waals surface area contributed by atoms with E-state index in [1.807, 2.05) is 31.2 Å². The number of ether oxygens (including phenoxy) is 1. The fraction of sp³-hybridized carbons (Fsp3) is 0.462. The topological polar surface area (TPSA) is 50.4 Å². The SMILES string of the molecule is CCNCNC(=O)CCc1ccc(OC)cc1. The third-order valence-corrected chi connectivity index (χ3v) is 2.46. The van der Waals surface area contributed by atoms with Crippen LogP contribution < -0.4 is 15.4 Å². The maximum Gasteiger partial charge on any atom is 0.221 e. The highest BCUT2D eigenvalue weighted by molar-refractivity contribution is 5.76. The van der Waals surface area contributed by atoms with Gasteiger partial charge >= 0.3 is 0 Å². The first-order valence-electron chi connectivity index (χ1n) is 5.86. The Hall–Kier alpha value is -1.55. The molecule has 0 aliphatic carbocycles. The van der Waals surface area contributed by atoms with Gasteiger partial charge < -0.3 is 15.4 Å². The van der Waals surface area contributed by atoms with Gasteiger partial charge in [-0.1, -0.05) is 19.1 Å². The third-order valence-electron chi connectivity index (χ3n) is 2.46. The standard InChI is InChI=1S/C13H20N2O2/c1-3-14-10-15-13(16)9-6-11-4-7-12(17-2)8-5-11/h4-5,7-8,14H,3,6,9-10H2,1-2H3,(H,15,16). The Kier molecular flexibility index (Phi) is 6.10. The normalized spacial score (nSPS) is 10.0. The van der Waals surface area contributed by atoms with Gasteiger partial charge in [0, 0.05) is 6.42 Å². The predicted molar refractivity (Wildman–Crippen MR) is 68.0 cm³/mol. The molecule has 1 amide bonds. The fourth-order valence-corrected chi connectivity index (χ4v) is 1.42. The molecule has 0 saturated heterocycles. The van der Waals surface area contributed by atoms with Gasteiger partial charge in [0.05, 0.1) is 13.8 Å². The summed E-state index contributed by atoms with van der Waals surface area (Å²) < 4.78 is 5.07. The minimum atomic E-state index is 0.0711. The van der Waals surface area contributed by atoms with Crippen LogP contribution in [0.1, 0.15) is 18.9 Å². The van der Waals surface area contributed by atoms with E-state index in [4.69, 9.17) is 4.74 Å². The summed E-state index contributed by atoms with van der Waals surface area (Å²) in [6, 6.07) is 7.78. The first-order valence-corrected chi connectivity index (χ1v) is 5.86. The van der Waals surface area contributed by atoms with E-state index in [0.717, 1.165) is 24.3 Å². The average Bonchev–Trinajstić information content (AvgIpc) is 2.37. The number of amides is 1. The molecule has 0 spiro atoms. The van der Waals surface area contributed by atoms with Gasteiger partial charge in [-0.15, -0.1) is 0 Å². The van der Waals surface area contributed by atoms with E-state index in [9.17, 15) is 4.79 Å². The molecule has 4 nitrogen and oxygen atoms in total. The minimum Gasteiger partial charge on any atom is -0.497 e. The highest BCUT2D eigenvalue weighted by Crippen LogP contribution is 2.12. The molecule has 4 heteroatoms. The lowest BCUT2D eigenvalue weighted by atomic mass is 10.1. The Balaban J connectivity index is 2.27. The van der Waals surface area contributed by atoms with Crippen molar-refractivity contribution in [2.24, 2.45) is 0 Å². The fourth-order valence-electron chi connectivity index (χ4n) is 1.42. The Morgan fingerprint density at radius 1 is 1.29 bits per heavy atom. The van der Waals surface area contributed by atoms with Crippen LogP contribution in [0.15, 0.2) is 24.3 Å². The zero-order chi connectivity index (χ0) is 12.5. The molecule has 1 aromatic rings. The molecule has 0 aliphatic rings. The first kappa shape index (κ1) is 13.5. The van der Waals surface area contributed by atoms with Crippen molar-refractivity contribution in [3.8, 4) is 5.75 Å². The Morgan fingerprint density at radius 3 is 2.59 bits per heavy atom. The maximum absolute atomic E-state index is 11.4. The van der Waals surface area contributed by atoms with Crippen LogP contribution in [-0.2, 0) is 11.2 Å². The van der Waals surface area contributed by atoms with Crippen molar-refractivity contribution in [2.45, 2.75) is 19.8 Å². The summed E-state index contributed by atoms with van der Waals surface area (Å²) in [4.78, 5) is 11.4. The van der Waals surface area contributed by atoms with Crippen molar-refractivity contribution in [3.63, 3.8) is 0 Å². The molecule has 1 aromatic carbocycles.